The Balaban J connectivity index is 1.98. The molecule has 2 heteroatoms. The van der Waals surface area contributed by atoms with E-state index in [4.69, 9.17) is 4.74 Å². The molecular weight excluding hydrogens is 234 g/mol. The zero-order valence-corrected chi connectivity index (χ0v) is 12.5. The molecule has 0 aliphatic carbocycles. The van der Waals surface area contributed by atoms with Crippen molar-refractivity contribution in [3.05, 3.63) is 34.9 Å². The van der Waals surface area contributed by atoms with Crippen LogP contribution in [0.15, 0.2) is 18.2 Å². The quantitative estimate of drug-likeness (QED) is 0.877. The standard InChI is InChI=1S/C17H27NO/c1-13-7-6-8-14(2)17(13)12-15(18-3)11-16-9-4-5-10-19-16/h6-8,15-16,18H,4-5,9-12H2,1-3H3. The van der Waals surface area contributed by atoms with Crippen LogP contribution in [-0.4, -0.2) is 25.8 Å². The summed E-state index contributed by atoms with van der Waals surface area (Å²) in [4.78, 5) is 0. The summed E-state index contributed by atoms with van der Waals surface area (Å²) in [5, 5.41) is 3.47. The van der Waals surface area contributed by atoms with E-state index in [0.717, 1.165) is 19.4 Å². The molecule has 106 valence electrons. The third-order valence-corrected chi connectivity index (χ3v) is 4.32. The summed E-state index contributed by atoms with van der Waals surface area (Å²) < 4.78 is 5.87. The van der Waals surface area contributed by atoms with Crippen LogP contribution >= 0.6 is 0 Å². The Morgan fingerprint density at radius 2 is 2.00 bits per heavy atom. The van der Waals surface area contributed by atoms with Crippen LogP contribution < -0.4 is 5.32 Å². The first kappa shape index (κ1) is 14.5. The molecule has 1 saturated heterocycles. The molecule has 19 heavy (non-hydrogen) atoms. The van der Waals surface area contributed by atoms with E-state index in [2.05, 4.69) is 44.4 Å². The first-order valence-electron chi connectivity index (χ1n) is 7.54. The topological polar surface area (TPSA) is 21.3 Å². The molecule has 0 spiro atoms. The fourth-order valence-corrected chi connectivity index (χ4v) is 3.03. The maximum Gasteiger partial charge on any atom is 0.0590 e. The van der Waals surface area contributed by atoms with Gasteiger partial charge in [-0.25, -0.2) is 0 Å². The van der Waals surface area contributed by atoms with Crippen LogP contribution in [0.5, 0.6) is 0 Å². The van der Waals surface area contributed by atoms with Gasteiger partial charge in [-0.15, -0.1) is 0 Å². The zero-order chi connectivity index (χ0) is 13.7. The lowest BCUT2D eigenvalue weighted by molar-refractivity contribution is 0.00567. The maximum atomic E-state index is 5.87. The van der Waals surface area contributed by atoms with Crippen molar-refractivity contribution >= 4 is 0 Å². The summed E-state index contributed by atoms with van der Waals surface area (Å²) in [6.07, 6.45) is 6.47. The summed E-state index contributed by atoms with van der Waals surface area (Å²) in [5.74, 6) is 0. The Labute approximate surface area is 117 Å². The SMILES string of the molecule is CNC(Cc1c(C)cccc1C)CC1CCCCO1. The summed E-state index contributed by atoms with van der Waals surface area (Å²) in [5.41, 5.74) is 4.31. The molecule has 2 rings (SSSR count). The molecule has 1 aliphatic rings. The lowest BCUT2D eigenvalue weighted by Gasteiger charge is -2.27. The Kier molecular flexibility index (Phi) is 5.41. The van der Waals surface area contributed by atoms with E-state index in [1.54, 1.807) is 0 Å². The van der Waals surface area contributed by atoms with E-state index in [0.29, 0.717) is 12.1 Å². The van der Waals surface area contributed by atoms with Gasteiger partial charge in [-0.1, -0.05) is 18.2 Å². The molecule has 0 saturated carbocycles. The second kappa shape index (κ2) is 7.06. The zero-order valence-electron chi connectivity index (χ0n) is 12.5. The van der Waals surface area contributed by atoms with Crippen molar-refractivity contribution in [3.63, 3.8) is 0 Å². The van der Waals surface area contributed by atoms with E-state index < -0.39 is 0 Å². The average molecular weight is 261 g/mol. The van der Waals surface area contributed by atoms with Crippen LogP contribution in [0.3, 0.4) is 0 Å². The molecule has 0 amide bonds. The second-order valence-corrected chi connectivity index (χ2v) is 5.78. The van der Waals surface area contributed by atoms with Crippen molar-refractivity contribution in [2.24, 2.45) is 0 Å². The maximum absolute atomic E-state index is 5.87. The fourth-order valence-electron chi connectivity index (χ4n) is 3.03. The first-order chi connectivity index (χ1) is 9.20. The van der Waals surface area contributed by atoms with E-state index in [-0.39, 0.29) is 0 Å². The highest BCUT2D eigenvalue weighted by molar-refractivity contribution is 5.34. The van der Waals surface area contributed by atoms with E-state index in [9.17, 15) is 0 Å². The number of benzene rings is 1. The molecule has 1 N–H and O–H groups in total. The van der Waals surface area contributed by atoms with E-state index >= 15 is 0 Å². The molecule has 1 aromatic rings. The minimum absolute atomic E-state index is 0.454. The molecule has 0 aromatic heterocycles. The van der Waals surface area contributed by atoms with Gasteiger partial charge in [0.05, 0.1) is 6.10 Å². The van der Waals surface area contributed by atoms with Crippen molar-refractivity contribution < 1.29 is 4.74 Å². The van der Waals surface area contributed by atoms with Gasteiger partial charge in [-0.2, -0.15) is 0 Å². The third kappa shape index (κ3) is 4.05. The molecule has 1 aromatic carbocycles. The van der Waals surface area contributed by atoms with E-state index in [1.807, 2.05) is 0 Å². The molecule has 0 bridgehead atoms. The molecule has 2 atom stereocenters. The van der Waals surface area contributed by atoms with Crippen LogP contribution in [0, 0.1) is 13.8 Å². The molecule has 2 nitrogen and oxygen atoms in total. The number of aryl methyl sites for hydroxylation is 2. The Bertz CT molecular complexity index is 376. The highest BCUT2D eigenvalue weighted by Crippen LogP contribution is 2.21. The van der Waals surface area contributed by atoms with Crippen molar-refractivity contribution in [1.29, 1.82) is 0 Å². The molecule has 0 radical (unpaired) electrons. The molecule has 1 fully saturated rings. The summed E-state index contributed by atoms with van der Waals surface area (Å²) in [6, 6.07) is 7.09. The van der Waals surface area contributed by atoms with Crippen LogP contribution in [0.4, 0.5) is 0 Å². The average Bonchev–Trinajstić information content (AvgIpc) is 2.43. The number of nitrogens with one attached hydrogen (secondary N) is 1. The predicted octanol–water partition coefficient (Wildman–Crippen LogP) is 3.39. The molecule has 2 unspecified atom stereocenters. The molecule has 1 heterocycles. The van der Waals surface area contributed by atoms with Gasteiger partial charge in [0.25, 0.3) is 0 Å². The van der Waals surface area contributed by atoms with Crippen molar-refractivity contribution in [3.8, 4) is 0 Å². The lowest BCUT2D eigenvalue weighted by atomic mass is 9.92. The van der Waals surface area contributed by atoms with Crippen molar-refractivity contribution in [2.45, 2.75) is 58.1 Å². The van der Waals surface area contributed by atoms with Crippen LogP contribution in [0.2, 0.25) is 0 Å². The molecule has 1 aliphatic heterocycles. The highest BCUT2D eigenvalue weighted by Gasteiger charge is 2.19. The van der Waals surface area contributed by atoms with Crippen molar-refractivity contribution in [1.82, 2.24) is 5.32 Å². The van der Waals surface area contributed by atoms with Gasteiger partial charge in [0, 0.05) is 12.6 Å². The van der Waals surface area contributed by atoms with Gasteiger partial charge in [0.1, 0.15) is 0 Å². The van der Waals surface area contributed by atoms with Gasteiger partial charge in [0.15, 0.2) is 0 Å². The van der Waals surface area contributed by atoms with Gasteiger partial charge in [-0.05, 0) is 69.7 Å². The van der Waals surface area contributed by atoms with Crippen molar-refractivity contribution in [2.75, 3.05) is 13.7 Å². The van der Waals surface area contributed by atoms with Gasteiger partial charge >= 0.3 is 0 Å². The summed E-state index contributed by atoms with van der Waals surface area (Å²) >= 11 is 0. The smallest absolute Gasteiger partial charge is 0.0590 e. The minimum atomic E-state index is 0.454. The fraction of sp³-hybridized carbons (Fsp3) is 0.647. The number of ether oxygens (including phenoxy) is 1. The van der Waals surface area contributed by atoms with Gasteiger partial charge < -0.3 is 10.1 Å². The highest BCUT2D eigenvalue weighted by atomic mass is 16.5. The van der Waals surface area contributed by atoms with Crippen LogP contribution in [-0.2, 0) is 11.2 Å². The Hall–Kier alpha value is -0.860. The number of rotatable bonds is 5. The number of likely N-dealkylation sites (N-methyl/N-ethyl adjacent to an activating group) is 1. The normalized spacial score (nSPS) is 21.3. The third-order valence-electron chi connectivity index (χ3n) is 4.32. The minimum Gasteiger partial charge on any atom is -0.378 e. The van der Waals surface area contributed by atoms with E-state index in [1.165, 1.54) is 36.0 Å². The Morgan fingerprint density at radius 3 is 2.58 bits per heavy atom. The van der Waals surface area contributed by atoms with Gasteiger partial charge in [-0.3, -0.25) is 0 Å². The summed E-state index contributed by atoms with van der Waals surface area (Å²) in [7, 11) is 2.07. The number of hydrogen-bond donors (Lipinski definition) is 1. The predicted molar refractivity (Wildman–Crippen MR) is 80.7 cm³/mol. The second-order valence-electron chi connectivity index (χ2n) is 5.78. The monoisotopic (exact) mass is 261 g/mol. The lowest BCUT2D eigenvalue weighted by Crippen LogP contribution is -2.34. The van der Waals surface area contributed by atoms with Crippen LogP contribution in [0.1, 0.15) is 42.4 Å². The van der Waals surface area contributed by atoms with Crippen LogP contribution in [0.25, 0.3) is 0 Å². The largest absolute Gasteiger partial charge is 0.378 e. The summed E-state index contributed by atoms with van der Waals surface area (Å²) in [6.45, 7) is 5.38. The molecular formula is C17H27NO. The number of hydrogen-bond acceptors (Lipinski definition) is 2. The Morgan fingerprint density at radius 1 is 1.26 bits per heavy atom. The van der Waals surface area contributed by atoms with Gasteiger partial charge in [0.2, 0.25) is 0 Å². The first-order valence-corrected chi connectivity index (χ1v) is 7.54.